The zero-order chi connectivity index (χ0) is 10.8. The number of fused-ring (bicyclic) bond motifs is 1. The van der Waals surface area contributed by atoms with Crippen LogP contribution in [0.4, 0.5) is 0 Å². The van der Waals surface area contributed by atoms with E-state index in [1.54, 1.807) is 6.92 Å². The van der Waals surface area contributed by atoms with Gasteiger partial charge in [-0.2, -0.15) is 0 Å². The Morgan fingerprint density at radius 2 is 2.13 bits per heavy atom. The Hall–Kier alpha value is -0.420. The maximum atomic E-state index is 11.1. The molecule has 1 heterocycles. The molecule has 2 rings (SSSR count). The Morgan fingerprint density at radius 3 is 2.80 bits per heavy atom. The van der Waals surface area contributed by atoms with Crippen molar-refractivity contribution in [1.29, 1.82) is 0 Å². The molecule has 0 spiro atoms. The molecule has 0 aliphatic carbocycles. The fraction of sp³-hybridized carbons (Fsp3) is 0.417. The summed E-state index contributed by atoms with van der Waals surface area (Å²) in [6, 6.07) is 8.87. The molecule has 1 aromatic carbocycles. The molecular formula is C12H14INO. The van der Waals surface area contributed by atoms with Crippen LogP contribution in [0, 0.1) is 0 Å². The zero-order valence-corrected chi connectivity index (χ0v) is 10.9. The van der Waals surface area contributed by atoms with E-state index in [0.29, 0.717) is 12.5 Å². The van der Waals surface area contributed by atoms with E-state index in [2.05, 4.69) is 50.2 Å². The first-order valence-corrected chi connectivity index (χ1v) is 6.12. The molecule has 0 fully saturated rings. The molecule has 0 bridgehead atoms. The smallest absolute Gasteiger partial charge is 0.131 e. The molecule has 0 N–H and O–H groups in total. The van der Waals surface area contributed by atoms with Crippen LogP contribution < -0.4 is 0 Å². The van der Waals surface area contributed by atoms with Crippen molar-refractivity contribution in [2.75, 3.05) is 0 Å². The Morgan fingerprint density at radius 1 is 1.47 bits per heavy atom. The largest absolute Gasteiger partial charge is 0.300 e. The predicted octanol–water partition coefficient (Wildman–Crippen LogP) is 2.74. The third kappa shape index (κ3) is 2.58. The van der Waals surface area contributed by atoms with Gasteiger partial charge in [0.25, 0.3) is 0 Å². The molecule has 0 amide bonds. The van der Waals surface area contributed by atoms with Crippen molar-refractivity contribution in [3.8, 4) is 0 Å². The van der Waals surface area contributed by atoms with Gasteiger partial charge in [0.1, 0.15) is 5.78 Å². The number of carbonyl (C=O) groups is 1. The monoisotopic (exact) mass is 315 g/mol. The van der Waals surface area contributed by atoms with Crippen molar-refractivity contribution in [3.63, 3.8) is 0 Å². The van der Waals surface area contributed by atoms with Crippen molar-refractivity contribution in [1.82, 2.24) is 3.11 Å². The van der Waals surface area contributed by atoms with Crippen LogP contribution in [0.3, 0.4) is 0 Å². The topological polar surface area (TPSA) is 20.3 Å². The van der Waals surface area contributed by atoms with Crippen LogP contribution >= 0.6 is 22.9 Å². The van der Waals surface area contributed by atoms with Crippen LogP contribution in [0.1, 0.15) is 24.5 Å². The molecule has 0 unspecified atom stereocenters. The van der Waals surface area contributed by atoms with E-state index in [0.717, 1.165) is 13.0 Å². The Balaban J connectivity index is 2.18. The third-order valence-electron chi connectivity index (χ3n) is 2.81. The van der Waals surface area contributed by atoms with Crippen molar-refractivity contribution >= 4 is 28.6 Å². The molecule has 15 heavy (non-hydrogen) atoms. The number of halogens is 1. The maximum absolute atomic E-state index is 11.1. The highest BCUT2D eigenvalue weighted by atomic mass is 127. The van der Waals surface area contributed by atoms with Gasteiger partial charge in [-0.25, -0.2) is 3.11 Å². The Kier molecular flexibility index (Phi) is 3.41. The minimum atomic E-state index is 0.279. The fourth-order valence-electron chi connectivity index (χ4n) is 2.06. The lowest BCUT2D eigenvalue weighted by Gasteiger charge is -2.31. The summed E-state index contributed by atoms with van der Waals surface area (Å²) >= 11 is 2.33. The summed E-state index contributed by atoms with van der Waals surface area (Å²) in [5, 5.41) is 0. The average Bonchev–Trinajstić information content (AvgIpc) is 2.18. The number of hydrogen-bond donors (Lipinski definition) is 0. The average molecular weight is 315 g/mol. The zero-order valence-electron chi connectivity index (χ0n) is 8.74. The van der Waals surface area contributed by atoms with E-state index >= 15 is 0 Å². The van der Waals surface area contributed by atoms with Gasteiger partial charge >= 0.3 is 0 Å². The molecule has 0 saturated carbocycles. The summed E-state index contributed by atoms with van der Waals surface area (Å²) in [5.41, 5.74) is 2.79. The van der Waals surface area contributed by atoms with Gasteiger partial charge in [0, 0.05) is 41.9 Å². The Labute approximate surface area is 104 Å². The molecule has 3 heteroatoms. The van der Waals surface area contributed by atoms with Crippen LogP contribution in [-0.4, -0.2) is 14.9 Å². The van der Waals surface area contributed by atoms with E-state index < -0.39 is 0 Å². The normalized spacial score (nSPS) is 21.1. The van der Waals surface area contributed by atoms with E-state index in [-0.39, 0.29) is 5.78 Å². The molecule has 1 aliphatic rings. The Bertz CT molecular complexity index is 378. The maximum Gasteiger partial charge on any atom is 0.131 e. The lowest BCUT2D eigenvalue weighted by atomic mass is 9.93. The minimum absolute atomic E-state index is 0.279. The summed E-state index contributed by atoms with van der Waals surface area (Å²) in [4.78, 5) is 11.1. The summed E-state index contributed by atoms with van der Waals surface area (Å²) in [5.74, 6) is 0.279. The van der Waals surface area contributed by atoms with Crippen LogP contribution in [0.25, 0.3) is 0 Å². The van der Waals surface area contributed by atoms with Gasteiger partial charge in [0.05, 0.1) is 0 Å². The highest BCUT2D eigenvalue weighted by molar-refractivity contribution is 14.1. The molecule has 1 aliphatic heterocycles. The minimum Gasteiger partial charge on any atom is -0.300 e. The van der Waals surface area contributed by atoms with Gasteiger partial charge in [-0.15, -0.1) is 0 Å². The van der Waals surface area contributed by atoms with Gasteiger partial charge in [-0.1, -0.05) is 24.3 Å². The van der Waals surface area contributed by atoms with Crippen LogP contribution in [0.5, 0.6) is 0 Å². The highest BCUT2D eigenvalue weighted by Gasteiger charge is 2.24. The number of hydrogen-bond acceptors (Lipinski definition) is 2. The number of nitrogens with zero attached hydrogens (tertiary/aromatic N) is 1. The molecule has 0 radical (unpaired) electrons. The van der Waals surface area contributed by atoms with E-state index in [4.69, 9.17) is 0 Å². The van der Waals surface area contributed by atoms with Gasteiger partial charge in [0.15, 0.2) is 0 Å². The van der Waals surface area contributed by atoms with Crippen LogP contribution in [0.15, 0.2) is 24.3 Å². The van der Waals surface area contributed by atoms with Crippen molar-refractivity contribution < 1.29 is 4.79 Å². The van der Waals surface area contributed by atoms with Crippen molar-refractivity contribution in [2.24, 2.45) is 0 Å². The second-order valence-electron chi connectivity index (χ2n) is 4.09. The first-order chi connectivity index (χ1) is 7.16. The second-order valence-corrected chi connectivity index (χ2v) is 5.33. The lowest BCUT2D eigenvalue weighted by molar-refractivity contribution is -0.117. The molecular weight excluding hydrogens is 301 g/mol. The quantitative estimate of drug-likeness (QED) is 0.618. The summed E-state index contributed by atoms with van der Waals surface area (Å²) < 4.78 is 2.25. The molecule has 2 nitrogen and oxygen atoms in total. The first kappa shape index (κ1) is 11.1. The molecule has 1 atom stereocenters. The molecule has 1 aromatic rings. The van der Waals surface area contributed by atoms with E-state index in [9.17, 15) is 4.79 Å². The van der Waals surface area contributed by atoms with Crippen molar-refractivity contribution in [3.05, 3.63) is 35.4 Å². The molecule has 0 saturated heterocycles. The number of rotatable bonds is 2. The number of carbonyl (C=O) groups excluding carboxylic acids is 1. The standard InChI is InChI=1S/C12H14INO/c1-9(15)6-12-7-10-4-2-3-5-11(10)8-14(12)13/h2-5,12H,6-8H2,1H3/t12-/m1/s1. The molecule has 80 valence electrons. The highest BCUT2D eigenvalue weighted by Crippen LogP contribution is 2.27. The third-order valence-corrected chi connectivity index (χ3v) is 3.94. The van der Waals surface area contributed by atoms with Gasteiger partial charge < -0.3 is 0 Å². The SMILES string of the molecule is CC(=O)C[C@@H]1Cc2ccccc2CN1I. The lowest BCUT2D eigenvalue weighted by Crippen LogP contribution is -2.34. The number of Topliss-reactive ketones (excluding diaryl/α,β-unsaturated/α-hetero) is 1. The predicted molar refractivity (Wildman–Crippen MR) is 68.8 cm³/mol. The van der Waals surface area contributed by atoms with E-state index in [1.807, 2.05) is 0 Å². The summed E-state index contributed by atoms with van der Waals surface area (Å²) in [6.45, 7) is 2.62. The summed E-state index contributed by atoms with van der Waals surface area (Å²) in [7, 11) is 0. The van der Waals surface area contributed by atoms with Crippen LogP contribution in [-0.2, 0) is 17.8 Å². The van der Waals surface area contributed by atoms with Crippen LogP contribution in [0.2, 0.25) is 0 Å². The van der Waals surface area contributed by atoms with Gasteiger partial charge in [0.2, 0.25) is 0 Å². The van der Waals surface area contributed by atoms with Crippen molar-refractivity contribution in [2.45, 2.75) is 32.4 Å². The summed E-state index contributed by atoms with van der Waals surface area (Å²) in [6.07, 6.45) is 1.66. The fourth-order valence-corrected chi connectivity index (χ4v) is 2.82. The molecule has 0 aromatic heterocycles. The number of ketones is 1. The van der Waals surface area contributed by atoms with Gasteiger partial charge in [-0.3, -0.25) is 4.79 Å². The van der Waals surface area contributed by atoms with E-state index in [1.165, 1.54) is 11.1 Å². The second kappa shape index (κ2) is 4.61. The van der Waals surface area contributed by atoms with Gasteiger partial charge in [-0.05, 0) is 24.5 Å². The first-order valence-electron chi connectivity index (χ1n) is 5.15. The number of benzene rings is 1.